The number of rotatable bonds is 1. The van der Waals surface area contributed by atoms with Gasteiger partial charge in [0.25, 0.3) is 9.05 Å². The quantitative estimate of drug-likeness (QED) is 0.661. The van der Waals surface area contributed by atoms with Crippen LogP contribution in [0.4, 0.5) is 0 Å². The summed E-state index contributed by atoms with van der Waals surface area (Å²) in [5.41, 5.74) is 0.671. The second-order valence-electron chi connectivity index (χ2n) is 2.42. The van der Waals surface area contributed by atoms with Crippen LogP contribution in [0.2, 0.25) is 0 Å². The first-order valence-electron chi connectivity index (χ1n) is 3.27. The minimum atomic E-state index is -3.85. The molecule has 0 unspecified atom stereocenters. The molecule has 0 saturated heterocycles. The standard InChI is InChI=1S/C7H5ClN2O2S/c1-5-2-6(4-9)10-7(3-5)13(8,11)12/h2-3H,1H3. The Kier molecular flexibility index (Phi) is 2.55. The summed E-state index contributed by atoms with van der Waals surface area (Å²) in [6.07, 6.45) is 0. The van der Waals surface area contributed by atoms with Crippen LogP contribution in [0.5, 0.6) is 0 Å². The van der Waals surface area contributed by atoms with E-state index in [0.717, 1.165) is 0 Å². The van der Waals surface area contributed by atoms with Gasteiger partial charge in [0.15, 0.2) is 5.03 Å². The normalized spacial score (nSPS) is 10.8. The predicted octanol–water partition coefficient (Wildman–Crippen LogP) is 1.19. The summed E-state index contributed by atoms with van der Waals surface area (Å²) < 4.78 is 21.7. The molecule has 0 aliphatic heterocycles. The van der Waals surface area contributed by atoms with Gasteiger partial charge in [0.1, 0.15) is 11.8 Å². The Morgan fingerprint density at radius 1 is 1.54 bits per heavy atom. The Hall–Kier alpha value is -1.12. The van der Waals surface area contributed by atoms with Crippen molar-refractivity contribution in [3.8, 4) is 6.07 Å². The van der Waals surface area contributed by atoms with Crippen LogP contribution in [0, 0.1) is 18.3 Å². The summed E-state index contributed by atoms with van der Waals surface area (Å²) in [5.74, 6) is 0. The van der Waals surface area contributed by atoms with Gasteiger partial charge in [-0.25, -0.2) is 13.4 Å². The largest absolute Gasteiger partial charge is 0.278 e. The fourth-order valence-electron chi connectivity index (χ4n) is 0.818. The van der Waals surface area contributed by atoms with E-state index >= 15 is 0 Å². The average Bonchev–Trinajstić information content (AvgIpc) is 2.01. The van der Waals surface area contributed by atoms with Crippen molar-refractivity contribution >= 4 is 19.7 Å². The van der Waals surface area contributed by atoms with Crippen LogP contribution in [0.1, 0.15) is 11.3 Å². The number of nitrogens with zero attached hydrogens (tertiary/aromatic N) is 2. The van der Waals surface area contributed by atoms with Crippen LogP contribution in [-0.4, -0.2) is 13.4 Å². The average molecular weight is 217 g/mol. The molecule has 0 aliphatic carbocycles. The smallest absolute Gasteiger partial charge is 0.224 e. The summed E-state index contributed by atoms with van der Waals surface area (Å²) in [5, 5.41) is 8.22. The van der Waals surface area contributed by atoms with Crippen molar-refractivity contribution in [2.45, 2.75) is 11.9 Å². The molecule has 0 atom stereocenters. The molecule has 0 radical (unpaired) electrons. The predicted molar refractivity (Wildman–Crippen MR) is 46.7 cm³/mol. The highest BCUT2D eigenvalue weighted by Gasteiger charge is 2.12. The SMILES string of the molecule is Cc1cc(C#N)nc(S(=O)(=O)Cl)c1. The van der Waals surface area contributed by atoms with Crippen molar-refractivity contribution in [3.63, 3.8) is 0 Å². The molecule has 0 amide bonds. The summed E-state index contributed by atoms with van der Waals surface area (Å²) in [6, 6.07) is 4.53. The van der Waals surface area contributed by atoms with Crippen LogP contribution in [0.25, 0.3) is 0 Å². The fraction of sp³-hybridized carbons (Fsp3) is 0.143. The molecule has 6 heteroatoms. The zero-order valence-corrected chi connectivity index (χ0v) is 8.22. The summed E-state index contributed by atoms with van der Waals surface area (Å²) in [7, 11) is 1.21. The van der Waals surface area contributed by atoms with E-state index < -0.39 is 9.05 Å². The van der Waals surface area contributed by atoms with Gasteiger partial charge in [0.05, 0.1) is 0 Å². The Morgan fingerprint density at radius 3 is 2.62 bits per heavy atom. The van der Waals surface area contributed by atoms with Crippen molar-refractivity contribution in [2.24, 2.45) is 0 Å². The Balaban J connectivity index is 3.44. The molecule has 68 valence electrons. The second kappa shape index (κ2) is 3.32. The molecule has 0 aromatic carbocycles. The lowest BCUT2D eigenvalue weighted by Gasteiger charge is -1.97. The van der Waals surface area contributed by atoms with Gasteiger partial charge in [0.2, 0.25) is 0 Å². The number of pyridine rings is 1. The molecule has 0 bridgehead atoms. The van der Waals surface area contributed by atoms with E-state index in [-0.39, 0.29) is 10.7 Å². The number of aryl methyl sites for hydroxylation is 1. The molecule has 0 fully saturated rings. The lowest BCUT2D eigenvalue weighted by molar-refractivity contribution is 0.606. The van der Waals surface area contributed by atoms with Crippen LogP contribution < -0.4 is 0 Å². The molecule has 13 heavy (non-hydrogen) atoms. The van der Waals surface area contributed by atoms with Gasteiger partial charge in [-0.3, -0.25) is 0 Å². The summed E-state index contributed by atoms with van der Waals surface area (Å²) >= 11 is 0. The maximum Gasteiger partial charge on any atom is 0.278 e. The van der Waals surface area contributed by atoms with E-state index in [9.17, 15) is 8.42 Å². The van der Waals surface area contributed by atoms with E-state index in [1.54, 1.807) is 13.0 Å². The summed E-state index contributed by atoms with van der Waals surface area (Å²) in [6.45, 7) is 1.66. The number of hydrogen-bond acceptors (Lipinski definition) is 4. The fourth-order valence-corrected chi connectivity index (χ4v) is 1.59. The molecule has 1 rings (SSSR count). The first kappa shape index (κ1) is 9.96. The minimum Gasteiger partial charge on any atom is -0.224 e. The second-order valence-corrected chi connectivity index (χ2v) is 4.93. The van der Waals surface area contributed by atoms with Crippen LogP contribution in [-0.2, 0) is 9.05 Å². The van der Waals surface area contributed by atoms with Crippen LogP contribution >= 0.6 is 10.7 Å². The molecule has 0 spiro atoms. The first-order chi connectivity index (χ1) is 5.93. The number of nitriles is 1. The monoisotopic (exact) mass is 216 g/mol. The van der Waals surface area contributed by atoms with E-state index in [2.05, 4.69) is 4.98 Å². The third-order valence-corrected chi connectivity index (χ3v) is 2.49. The molecule has 0 N–H and O–H groups in total. The van der Waals surface area contributed by atoms with E-state index in [4.69, 9.17) is 15.9 Å². The lowest BCUT2D eigenvalue weighted by atomic mass is 10.2. The zero-order chi connectivity index (χ0) is 10.1. The molecule has 4 nitrogen and oxygen atoms in total. The molecule has 1 heterocycles. The van der Waals surface area contributed by atoms with Crippen LogP contribution in [0.3, 0.4) is 0 Å². The highest BCUT2D eigenvalue weighted by molar-refractivity contribution is 8.13. The molecule has 1 aromatic rings. The van der Waals surface area contributed by atoms with Gasteiger partial charge in [-0.15, -0.1) is 0 Å². The molecular formula is C7H5ClN2O2S. The maximum absolute atomic E-state index is 10.8. The minimum absolute atomic E-state index is 0.0409. The van der Waals surface area contributed by atoms with Gasteiger partial charge >= 0.3 is 0 Å². The van der Waals surface area contributed by atoms with Gasteiger partial charge in [-0.05, 0) is 24.6 Å². The zero-order valence-electron chi connectivity index (χ0n) is 6.65. The van der Waals surface area contributed by atoms with Crippen molar-refractivity contribution < 1.29 is 8.42 Å². The van der Waals surface area contributed by atoms with Crippen LogP contribution in [0.15, 0.2) is 17.2 Å². The first-order valence-corrected chi connectivity index (χ1v) is 5.58. The summed E-state index contributed by atoms with van der Waals surface area (Å²) in [4.78, 5) is 3.54. The highest BCUT2D eigenvalue weighted by Crippen LogP contribution is 2.14. The Bertz CT molecular complexity index is 476. The molecule has 0 saturated carbocycles. The van der Waals surface area contributed by atoms with Crippen molar-refractivity contribution in [3.05, 3.63) is 23.4 Å². The van der Waals surface area contributed by atoms with Crippen molar-refractivity contribution in [1.29, 1.82) is 5.26 Å². The Morgan fingerprint density at radius 2 is 2.15 bits per heavy atom. The van der Waals surface area contributed by atoms with Crippen molar-refractivity contribution in [1.82, 2.24) is 4.98 Å². The maximum atomic E-state index is 10.8. The third kappa shape index (κ3) is 2.41. The number of hydrogen-bond donors (Lipinski definition) is 0. The topological polar surface area (TPSA) is 70.8 Å². The molecular weight excluding hydrogens is 212 g/mol. The van der Waals surface area contributed by atoms with E-state index in [1.165, 1.54) is 12.1 Å². The highest BCUT2D eigenvalue weighted by atomic mass is 35.7. The molecule has 1 aromatic heterocycles. The van der Waals surface area contributed by atoms with E-state index in [0.29, 0.717) is 5.56 Å². The van der Waals surface area contributed by atoms with Gasteiger partial charge in [0, 0.05) is 10.7 Å². The van der Waals surface area contributed by atoms with Gasteiger partial charge in [-0.1, -0.05) is 0 Å². The Labute approximate surface area is 80.2 Å². The van der Waals surface area contributed by atoms with Crippen molar-refractivity contribution in [2.75, 3.05) is 0 Å². The number of aromatic nitrogens is 1. The van der Waals surface area contributed by atoms with Gasteiger partial charge in [-0.2, -0.15) is 5.26 Å². The number of halogens is 1. The third-order valence-electron chi connectivity index (χ3n) is 1.31. The van der Waals surface area contributed by atoms with Gasteiger partial charge < -0.3 is 0 Å². The molecule has 0 aliphatic rings. The van der Waals surface area contributed by atoms with E-state index in [1.807, 2.05) is 0 Å². The lowest BCUT2D eigenvalue weighted by Crippen LogP contribution is -1.97.